The van der Waals surface area contributed by atoms with Crippen molar-refractivity contribution in [2.24, 2.45) is 0 Å². The highest BCUT2D eigenvalue weighted by Crippen LogP contribution is 2.54. The third-order valence-corrected chi connectivity index (χ3v) is 5.02. The molecule has 0 heterocycles. The summed E-state index contributed by atoms with van der Waals surface area (Å²) >= 11 is 0. The molecule has 2 rings (SSSR count). The van der Waals surface area contributed by atoms with Crippen LogP contribution >= 0.6 is 7.60 Å². The molecule has 0 amide bonds. The Balaban J connectivity index is 2.00. The second-order valence-electron chi connectivity index (χ2n) is 5.39. The average Bonchev–Trinajstić information content (AvgIpc) is 2.45. The average molecular weight is 304 g/mol. The summed E-state index contributed by atoms with van der Waals surface area (Å²) in [5, 5.41) is 0. The van der Waals surface area contributed by atoms with Crippen molar-refractivity contribution in [3.8, 4) is 0 Å². The summed E-state index contributed by atoms with van der Waals surface area (Å²) in [4.78, 5) is 19.2. The molecule has 0 fully saturated rings. The van der Waals surface area contributed by atoms with Crippen LogP contribution in [0.25, 0.3) is 0 Å². The van der Waals surface area contributed by atoms with Gasteiger partial charge in [-0.05, 0) is 37.3 Å². The minimum Gasteiger partial charge on any atom is -0.324 e. The lowest BCUT2D eigenvalue weighted by Gasteiger charge is -2.18. The van der Waals surface area contributed by atoms with E-state index in [2.05, 4.69) is 24.3 Å². The van der Waals surface area contributed by atoms with E-state index in [0.717, 1.165) is 18.4 Å². The maximum atomic E-state index is 11.7. The molecule has 0 aliphatic rings. The molecule has 0 aliphatic heterocycles. The van der Waals surface area contributed by atoms with Gasteiger partial charge in [0.15, 0.2) is 0 Å². The van der Waals surface area contributed by atoms with Crippen LogP contribution in [0.4, 0.5) is 0 Å². The van der Waals surface area contributed by atoms with Crippen LogP contribution in [0.5, 0.6) is 0 Å². The molecular formula is C17H21O3P. The maximum absolute atomic E-state index is 11.7. The van der Waals surface area contributed by atoms with Crippen molar-refractivity contribution < 1.29 is 14.4 Å². The van der Waals surface area contributed by atoms with Crippen molar-refractivity contribution in [2.45, 2.75) is 31.8 Å². The first-order valence-electron chi connectivity index (χ1n) is 7.12. The van der Waals surface area contributed by atoms with E-state index in [4.69, 9.17) is 0 Å². The Morgan fingerprint density at radius 3 is 2.19 bits per heavy atom. The molecule has 21 heavy (non-hydrogen) atoms. The molecule has 1 unspecified atom stereocenters. The number of benzene rings is 2. The summed E-state index contributed by atoms with van der Waals surface area (Å²) in [6, 6.07) is 17.3. The highest BCUT2D eigenvalue weighted by molar-refractivity contribution is 7.52. The fourth-order valence-electron chi connectivity index (χ4n) is 2.46. The molecule has 0 saturated carbocycles. The first-order valence-corrected chi connectivity index (χ1v) is 8.80. The smallest absolute Gasteiger partial charge is 0.324 e. The standard InChI is InChI=1S/C17H21O3P/c1-14-10-12-15(13-11-14)6-5-9-17(21(18,19)20)16-7-3-2-4-8-16/h2-4,7-8,10-13,17H,5-6,9H2,1H3,(H2,18,19,20). The molecule has 0 saturated heterocycles. The molecule has 0 aromatic heterocycles. The molecule has 1 atom stereocenters. The van der Waals surface area contributed by atoms with Gasteiger partial charge in [0, 0.05) is 0 Å². The zero-order valence-electron chi connectivity index (χ0n) is 12.1. The van der Waals surface area contributed by atoms with E-state index in [-0.39, 0.29) is 0 Å². The Bertz CT molecular complexity index is 602. The zero-order chi connectivity index (χ0) is 15.3. The molecule has 4 heteroatoms. The van der Waals surface area contributed by atoms with E-state index >= 15 is 0 Å². The lowest BCUT2D eigenvalue weighted by Crippen LogP contribution is -2.01. The molecule has 2 aromatic carbocycles. The number of aryl methyl sites for hydroxylation is 2. The predicted octanol–water partition coefficient (Wildman–Crippen LogP) is 4.24. The zero-order valence-corrected chi connectivity index (χ0v) is 13.0. The van der Waals surface area contributed by atoms with Crippen molar-refractivity contribution in [1.29, 1.82) is 0 Å². The largest absolute Gasteiger partial charge is 0.332 e. The molecule has 0 radical (unpaired) electrons. The Labute approximate surface area is 125 Å². The SMILES string of the molecule is Cc1ccc(CCCC(c2ccccc2)P(=O)(O)O)cc1. The first kappa shape index (κ1) is 16.0. The van der Waals surface area contributed by atoms with Crippen molar-refractivity contribution in [3.05, 3.63) is 71.3 Å². The highest BCUT2D eigenvalue weighted by atomic mass is 31.2. The summed E-state index contributed by atoms with van der Waals surface area (Å²) < 4.78 is 11.7. The second kappa shape index (κ2) is 7.04. The minimum absolute atomic E-state index is 0.488. The van der Waals surface area contributed by atoms with Gasteiger partial charge in [-0.3, -0.25) is 4.57 Å². The van der Waals surface area contributed by atoms with E-state index in [9.17, 15) is 14.4 Å². The quantitative estimate of drug-likeness (QED) is 0.785. The molecule has 2 aromatic rings. The summed E-state index contributed by atoms with van der Waals surface area (Å²) in [5.41, 5.74) is 2.44. The van der Waals surface area contributed by atoms with Gasteiger partial charge in [-0.15, -0.1) is 0 Å². The van der Waals surface area contributed by atoms with Gasteiger partial charge in [0.05, 0.1) is 5.66 Å². The summed E-state index contributed by atoms with van der Waals surface area (Å²) in [7, 11) is -4.13. The fourth-order valence-corrected chi connectivity index (χ4v) is 3.54. The van der Waals surface area contributed by atoms with E-state index in [1.807, 2.05) is 25.1 Å². The molecule has 112 valence electrons. The van der Waals surface area contributed by atoms with Crippen LogP contribution in [0.15, 0.2) is 54.6 Å². The monoisotopic (exact) mass is 304 g/mol. The van der Waals surface area contributed by atoms with Gasteiger partial charge in [-0.25, -0.2) is 0 Å². The van der Waals surface area contributed by atoms with E-state index in [1.165, 1.54) is 11.1 Å². The van der Waals surface area contributed by atoms with Crippen molar-refractivity contribution in [3.63, 3.8) is 0 Å². The third kappa shape index (κ3) is 4.82. The molecule has 0 aliphatic carbocycles. The topological polar surface area (TPSA) is 57.5 Å². The summed E-state index contributed by atoms with van der Waals surface area (Å²) in [5.74, 6) is 0. The number of hydrogen-bond acceptors (Lipinski definition) is 1. The van der Waals surface area contributed by atoms with Gasteiger partial charge in [0.2, 0.25) is 0 Å². The number of rotatable bonds is 6. The van der Waals surface area contributed by atoms with Crippen LogP contribution in [0.3, 0.4) is 0 Å². The summed E-state index contributed by atoms with van der Waals surface area (Å²) in [6.07, 6.45) is 2.08. The van der Waals surface area contributed by atoms with Gasteiger partial charge in [0.1, 0.15) is 0 Å². The Kier molecular flexibility index (Phi) is 5.35. The van der Waals surface area contributed by atoms with Gasteiger partial charge >= 0.3 is 7.60 Å². The molecule has 0 bridgehead atoms. The lowest BCUT2D eigenvalue weighted by molar-refractivity contribution is 0.354. The van der Waals surface area contributed by atoms with E-state index in [0.29, 0.717) is 6.42 Å². The second-order valence-corrected chi connectivity index (χ2v) is 7.19. The molecule has 3 nitrogen and oxygen atoms in total. The van der Waals surface area contributed by atoms with Crippen LogP contribution in [-0.4, -0.2) is 9.79 Å². The Morgan fingerprint density at radius 1 is 1.00 bits per heavy atom. The normalized spacial score (nSPS) is 13.1. The Hall–Kier alpha value is -1.41. The van der Waals surface area contributed by atoms with Crippen LogP contribution in [0.2, 0.25) is 0 Å². The maximum Gasteiger partial charge on any atom is 0.332 e. The summed E-state index contributed by atoms with van der Waals surface area (Å²) in [6.45, 7) is 2.04. The predicted molar refractivity (Wildman–Crippen MR) is 85.3 cm³/mol. The van der Waals surface area contributed by atoms with Gasteiger partial charge < -0.3 is 9.79 Å². The molecule has 2 N–H and O–H groups in total. The third-order valence-electron chi connectivity index (χ3n) is 3.65. The van der Waals surface area contributed by atoms with Crippen LogP contribution in [0.1, 0.15) is 35.2 Å². The lowest BCUT2D eigenvalue weighted by atomic mass is 10.0. The molecule has 0 spiro atoms. The van der Waals surface area contributed by atoms with Gasteiger partial charge in [-0.2, -0.15) is 0 Å². The number of hydrogen-bond donors (Lipinski definition) is 2. The van der Waals surface area contributed by atoms with E-state index in [1.54, 1.807) is 12.1 Å². The van der Waals surface area contributed by atoms with Gasteiger partial charge in [0.25, 0.3) is 0 Å². The molecular weight excluding hydrogens is 283 g/mol. The van der Waals surface area contributed by atoms with E-state index < -0.39 is 13.3 Å². The van der Waals surface area contributed by atoms with Crippen molar-refractivity contribution >= 4 is 7.60 Å². The Morgan fingerprint density at radius 2 is 1.62 bits per heavy atom. The van der Waals surface area contributed by atoms with Crippen LogP contribution in [0, 0.1) is 6.92 Å². The van der Waals surface area contributed by atoms with Crippen molar-refractivity contribution in [1.82, 2.24) is 0 Å². The highest BCUT2D eigenvalue weighted by Gasteiger charge is 2.29. The first-order chi connectivity index (χ1) is 9.97. The van der Waals surface area contributed by atoms with Crippen molar-refractivity contribution in [2.75, 3.05) is 0 Å². The fraction of sp³-hybridized carbons (Fsp3) is 0.294. The van der Waals surface area contributed by atoms with Crippen LogP contribution < -0.4 is 0 Å². The van der Waals surface area contributed by atoms with Gasteiger partial charge in [-0.1, -0.05) is 60.2 Å². The van der Waals surface area contributed by atoms with Crippen LogP contribution in [-0.2, 0) is 11.0 Å². The minimum atomic E-state index is -4.13.